The largest absolute Gasteiger partial charge is 0.495 e. The average molecular weight is 398 g/mol. The number of fused-ring (bicyclic) bond motifs is 1. The van der Waals surface area contributed by atoms with Crippen molar-refractivity contribution in [1.29, 1.82) is 0 Å². The minimum atomic E-state index is -0.184. The van der Waals surface area contributed by atoms with E-state index in [9.17, 15) is 9.59 Å². The van der Waals surface area contributed by atoms with Gasteiger partial charge in [-0.2, -0.15) is 0 Å². The van der Waals surface area contributed by atoms with Gasteiger partial charge < -0.3 is 19.5 Å². The van der Waals surface area contributed by atoms with Gasteiger partial charge in [0.25, 0.3) is 11.5 Å². The Morgan fingerprint density at radius 2 is 1.89 bits per heavy atom. The van der Waals surface area contributed by atoms with Gasteiger partial charge in [-0.25, -0.2) is 4.98 Å². The average Bonchev–Trinajstić information content (AvgIpc) is 3.04. The predicted octanol–water partition coefficient (Wildman–Crippen LogP) is 2.57. The van der Waals surface area contributed by atoms with Crippen LogP contribution in [-0.2, 0) is 0 Å². The third-order valence-electron chi connectivity index (χ3n) is 5.11. The molecule has 7 nitrogen and oxygen atoms in total. The number of aromatic amines is 1. The first kappa shape index (κ1) is 18.5. The monoisotopic (exact) mass is 398 g/mol. The van der Waals surface area contributed by atoms with Crippen molar-refractivity contribution in [3.05, 3.63) is 50.9 Å². The number of H-pyrrole nitrogens is 1. The molecule has 4 rings (SSSR count). The van der Waals surface area contributed by atoms with Crippen LogP contribution in [0.2, 0.25) is 0 Å². The first-order chi connectivity index (χ1) is 13.5. The molecule has 8 heteroatoms. The molecule has 1 aromatic carbocycles. The normalized spacial score (nSPS) is 14.5. The highest BCUT2D eigenvalue weighted by atomic mass is 32.1. The second-order valence-electron chi connectivity index (χ2n) is 6.84. The summed E-state index contributed by atoms with van der Waals surface area (Å²) in [6.45, 7) is 6.26. The molecule has 0 radical (unpaired) electrons. The second kappa shape index (κ2) is 7.27. The van der Waals surface area contributed by atoms with E-state index in [0.29, 0.717) is 39.6 Å². The molecule has 3 heterocycles. The molecule has 1 amide bonds. The van der Waals surface area contributed by atoms with Crippen molar-refractivity contribution in [3.8, 4) is 5.75 Å². The van der Waals surface area contributed by atoms with E-state index in [0.717, 1.165) is 24.5 Å². The fourth-order valence-corrected chi connectivity index (χ4v) is 4.84. The number of methoxy groups -OCH3 is 1. The number of thiophene rings is 1. The molecule has 0 bridgehead atoms. The van der Waals surface area contributed by atoms with Crippen LogP contribution in [0.3, 0.4) is 0 Å². The lowest BCUT2D eigenvalue weighted by atomic mass is 10.2. The Labute approximate surface area is 166 Å². The number of para-hydroxylation sites is 2. The Hall–Kier alpha value is -2.87. The number of carbonyl (C=O) groups is 1. The third kappa shape index (κ3) is 3.13. The SMILES string of the molecule is COc1ccccc1N1CCN(C(=O)c2sc3nc(C)[nH]c(=O)c3c2C)CC1. The van der Waals surface area contributed by atoms with Crippen LogP contribution in [-0.4, -0.2) is 54.1 Å². The summed E-state index contributed by atoms with van der Waals surface area (Å²) in [6.07, 6.45) is 0. The first-order valence-corrected chi connectivity index (χ1v) is 9.98. The van der Waals surface area contributed by atoms with Gasteiger partial charge in [0, 0.05) is 26.2 Å². The van der Waals surface area contributed by atoms with Crippen LogP contribution in [0.25, 0.3) is 10.2 Å². The molecule has 0 saturated carbocycles. The molecule has 0 unspecified atom stereocenters. The lowest BCUT2D eigenvalue weighted by Crippen LogP contribution is -2.48. The highest BCUT2D eigenvalue weighted by Gasteiger charge is 2.27. The van der Waals surface area contributed by atoms with Gasteiger partial charge in [-0.1, -0.05) is 12.1 Å². The van der Waals surface area contributed by atoms with Crippen molar-refractivity contribution < 1.29 is 9.53 Å². The van der Waals surface area contributed by atoms with E-state index < -0.39 is 0 Å². The zero-order valence-corrected chi connectivity index (χ0v) is 16.9. The van der Waals surface area contributed by atoms with E-state index >= 15 is 0 Å². The summed E-state index contributed by atoms with van der Waals surface area (Å²) in [5.41, 5.74) is 1.57. The summed E-state index contributed by atoms with van der Waals surface area (Å²) < 4.78 is 5.45. The lowest BCUT2D eigenvalue weighted by Gasteiger charge is -2.36. The van der Waals surface area contributed by atoms with Crippen molar-refractivity contribution >= 4 is 33.1 Å². The maximum absolute atomic E-state index is 13.1. The van der Waals surface area contributed by atoms with Crippen LogP contribution in [0.5, 0.6) is 5.75 Å². The minimum absolute atomic E-state index is 0.0303. The van der Waals surface area contributed by atoms with E-state index in [2.05, 4.69) is 14.9 Å². The molecule has 1 aliphatic heterocycles. The minimum Gasteiger partial charge on any atom is -0.495 e. The molecule has 1 aliphatic rings. The zero-order chi connectivity index (χ0) is 19.8. The molecular formula is C20H22N4O3S. The maximum atomic E-state index is 13.1. The van der Waals surface area contributed by atoms with E-state index in [1.807, 2.05) is 36.1 Å². The standard InChI is InChI=1S/C20H22N4O3S/c1-12-16-18(25)21-13(2)22-19(16)28-17(12)20(26)24-10-8-23(9-11-24)14-6-4-5-7-15(14)27-3/h4-7H,8-11H2,1-3H3,(H,21,22,25). The van der Waals surface area contributed by atoms with Gasteiger partial charge in [0.05, 0.1) is 23.1 Å². The van der Waals surface area contributed by atoms with Crippen LogP contribution >= 0.6 is 11.3 Å². The number of nitrogens with zero attached hydrogens (tertiary/aromatic N) is 3. The molecule has 28 heavy (non-hydrogen) atoms. The van der Waals surface area contributed by atoms with E-state index in [1.165, 1.54) is 11.3 Å². The van der Waals surface area contributed by atoms with Gasteiger partial charge in [-0.3, -0.25) is 9.59 Å². The van der Waals surface area contributed by atoms with Gasteiger partial charge in [-0.15, -0.1) is 11.3 Å². The number of ether oxygens (including phenoxy) is 1. The first-order valence-electron chi connectivity index (χ1n) is 9.17. The number of piperazine rings is 1. The number of benzene rings is 1. The van der Waals surface area contributed by atoms with Crippen LogP contribution in [0.1, 0.15) is 21.1 Å². The number of rotatable bonds is 3. The Bertz CT molecular complexity index is 1100. The van der Waals surface area contributed by atoms with E-state index in [-0.39, 0.29) is 11.5 Å². The number of aromatic nitrogens is 2. The molecule has 0 aliphatic carbocycles. The number of nitrogens with one attached hydrogen (secondary N) is 1. The smallest absolute Gasteiger partial charge is 0.264 e. The number of anilines is 1. The highest BCUT2D eigenvalue weighted by molar-refractivity contribution is 7.20. The Kier molecular flexibility index (Phi) is 4.80. The molecule has 146 valence electrons. The van der Waals surface area contributed by atoms with Crippen molar-refractivity contribution in [2.24, 2.45) is 0 Å². The predicted molar refractivity (Wildman–Crippen MR) is 111 cm³/mol. The van der Waals surface area contributed by atoms with Gasteiger partial charge in [0.2, 0.25) is 0 Å². The van der Waals surface area contributed by atoms with Gasteiger partial charge in [0.15, 0.2) is 0 Å². The van der Waals surface area contributed by atoms with E-state index in [1.54, 1.807) is 14.0 Å². The van der Waals surface area contributed by atoms with Crippen molar-refractivity contribution in [2.75, 3.05) is 38.2 Å². The van der Waals surface area contributed by atoms with Crippen LogP contribution in [0.4, 0.5) is 5.69 Å². The number of hydrogen-bond donors (Lipinski definition) is 1. The molecule has 1 saturated heterocycles. The summed E-state index contributed by atoms with van der Waals surface area (Å²) in [7, 11) is 1.67. The molecule has 1 fully saturated rings. The van der Waals surface area contributed by atoms with Crippen molar-refractivity contribution in [1.82, 2.24) is 14.9 Å². The summed E-state index contributed by atoms with van der Waals surface area (Å²) in [6, 6.07) is 7.92. The third-order valence-corrected chi connectivity index (χ3v) is 6.28. The van der Waals surface area contributed by atoms with Gasteiger partial charge >= 0.3 is 0 Å². The fourth-order valence-electron chi connectivity index (χ4n) is 3.64. The van der Waals surface area contributed by atoms with Gasteiger partial charge in [-0.05, 0) is 31.5 Å². The molecule has 0 spiro atoms. The summed E-state index contributed by atoms with van der Waals surface area (Å²) in [5, 5.41) is 0.520. The summed E-state index contributed by atoms with van der Waals surface area (Å²) in [5.74, 6) is 1.36. The van der Waals surface area contributed by atoms with Crippen LogP contribution < -0.4 is 15.2 Å². The zero-order valence-electron chi connectivity index (χ0n) is 16.1. The highest BCUT2D eigenvalue weighted by Crippen LogP contribution is 2.30. The maximum Gasteiger partial charge on any atom is 0.264 e. The Balaban J connectivity index is 1.55. The quantitative estimate of drug-likeness (QED) is 0.734. The number of carbonyl (C=O) groups excluding carboxylic acids is 1. The topological polar surface area (TPSA) is 78.5 Å². The van der Waals surface area contributed by atoms with Crippen LogP contribution in [0, 0.1) is 13.8 Å². The molecule has 1 N–H and O–H groups in total. The lowest BCUT2D eigenvalue weighted by molar-refractivity contribution is 0.0751. The Morgan fingerprint density at radius 3 is 2.61 bits per heavy atom. The Morgan fingerprint density at radius 1 is 1.18 bits per heavy atom. The molecule has 0 atom stereocenters. The van der Waals surface area contributed by atoms with Crippen molar-refractivity contribution in [2.45, 2.75) is 13.8 Å². The number of aryl methyl sites for hydroxylation is 2. The number of amides is 1. The van der Waals surface area contributed by atoms with Gasteiger partial charge in [0.1, 0.15) is 16.4 Å². The summed E-state index contributed by atoms with van der Waals surface area (Å²) >= 11 is 1.30. The molecular weight excluding hydrogens is 376 g/mol. The van der Waals surface area contributed by atoms with Crippen molar-refractivity contribution in [3.63, 3.8) is 0 Å². The van der Waals surface area contributed by atoms with E-state index in [4.69, 9.17) is 4.74 Å². The second-order valence-corrected chi connectivity index (χ2v) is 7.84. The molecule has 3 aromatic rings. The summed E-state index contributed by atoms with van der Waals surface area (Å²) in [4.78, 5) is 37.8. The van der Waals surface area contributed by atoms with Crippen LogP contribution in [0.15, 0.2) is 29.1 Å². The fraction of sp³-hybridized carbons (Fsp3) is 0.350. The molecule has 2 aromatic heterocycles. The number of hydrogen-bond acceptors (Lipinski definition) is 6.